The first-order chi connectivity index (χ1) is 18.7. The van der Waals surface area contributed by atoms with Gasteiger partial charge in [0.1, 0.15) is 6.61 Å². The smallest absolute Gasteiger partial charge is 0.284 e. The SMILES string of the molecule is C=CCN1C(=O)C(=Cc2ccc(OC)c(OCc3ccccc3Cl)c2)SC1=NS(=O)(=O)c1ccc(CC)cc1. The molecule has 0 radical (unpaired) electrons. The van der Waals surface area contributed by atoms with Crippen molar-refractivity contribution >= 4 is 50.5 Å². The molecule has 1 fully saturated rings. The molecule has 10 heteroatoms. The van der Waals surface area contributed by atoms with E-state index in [-0.39, 0.29) is 29.1 Å². The molecule has 0 spiro atoms. The molecule has 0 N–H and O–H groups in total. The zero-order chi connectivity index (χ0) is 28.0. The van der Waals surface area contributed by atoms with E-state index in [2.05, 4.69) is 11.0 Å². The molecule has 0 aromatic heterocycles. The number of nitrogens with zero attached hydrogens (tertiary/aromatic N) is 2. The Bertz CT molecular complexity index is 1550. The number of benzene rings is 3. The zero-order valence-electron chi connectivity index (χ0n) is 21.5. The van der Waals surface area contributed by atoms with Gasteiger partial charge in [-0.2, -0.15) is 8.42 Å². The predicted molar refractivity (Wildman–Crippen MR) is 157 cm³/mol. The minimum Gasteiger partial charge on any atom is -0.493 e. The van der Waals surface area contributed by atoms with Gasteiger partial charge in [-0.05, 0) is 65.7 Å². The summed E-state index contributed by atoms with van der Waals surface area (Å²) in [6.45, 7) is 6.02. The monoisotopic (exact) mass is 582 g/mol. The van der Waals surface area contributed by atoms with Crippen molar-refractivity contribution in [3.05, 3.63) is 106 Å². The molecule has 1 saturated heterocycles. The van der Waals surface area contributed by atoms with Gasteiger partial charge in [0.15, 0.2) is 16.7 Å². The summed E-state index contributed by atoms with van der Waals surface area (Å²) >= 11 is 7.24. The van der Waals surface area contributed by atoms with Crippen molar-refractivity contribution in [2.45, 2.75) is 24.8 Å². The summed E-state index contributed by atoms with van der Waals surface area (Å²) in [6, 6.07) is 19.2. The van der Waals surface area contributed by atoms with Crippen molar-refractivity contribution in [1.29, 1.82) is 0 Å². The summed E-state index contributed by atoms with van der Waals surface area (Å²) in [6.07, 6.45) is 3.97. The molecular weight excluding hydrogens is 556 g/mol. The molecule has 1 amide bonds. The summed E-state index contributed by atoms with van der Waals surface area (Å²) < 4.78 is 41.4. The molecular formula is C29H27ClN2O5S2. The molecule has 1 heterocycles. The molecule has 0 bridgehead atoms. The average molecular weight is 583 g/mol. The highest BCUT2D eigenvalue weighted by atomic mass is 35.5. The van der Waals surface area contributed by atoms with Gasteiger partial charge in [-0.1, -0.05) is 61.0 Å². The van der Waals surface area contributed by atoms with Gasteiger partial charge in [-0.15, -0.1) is 11.0 Å². The number of amidine groups is 1. The number of methoxy groups -OCH3 is 1. The lowest BCUT2D eigenvalue weighted by Crippen LogP contribution is -2.29. The highest BCUT2D eigenvalue weighted by molar-refractivity contribution is 8.19. The second-order valence-corrected chi connectivity index (χ2v) is 11.5. The number of thioether (sulfide) groups is 1. The standard InChI is InChI=1S/C29H27ClN2O5S2/c1-4-16-32-28(33)27(38-29(32)31-39(34,35)23-13-10-20(5-2)11-14-23)18-21-12-15-25(36-3)26(17-21)37-19-22-8-6-7-9-24(22)30/h4,6-15,17-18H,1,5,16,19H2,2-3H3. The maximum atomic E-state index is 13.2. The summed E-state index contributed by atoms with van der Waals surface area (Å²) in [5, 5.41) is 0.655. The van der Waals surface area contributed by atoms with Crippen LogP contribution >= 0.6 is 23.4 Å². The summed E-state index contributed by atoms with van der Waals surface area (Å²) in [5.74, 6) is 0.618. The molecule has 3 aromatic carbocycles. The van der Waals surface area contributed by atoms with E-state index < -0.39 is 10.0 Å². The molecule has 7 nitrogen and oxygen atoms in total. The first-order valence-corrected chi connectivity index (χ1v) is 14.7. The lowest BCUT2D eigenvalue weighted by molar-refractivity contribution is -0.121. The molecule has 4 rings (SSSR count). The predicted octanol–water partition coefficient (Wildman–Crippen LogP) is 6.34. The maximum Gasteiger partial charge on any atom is 0.284 e. The maximum absolute atomic E-state index is 13.2. The van der Waals surface area contributed by atoms with Crippen molar-refractivity contribution in [2.24, 2.45) is 4.40 Å². The Labute approximate surface area is 237 Å². The van der Waals surface area contributed by atoms with E-state index in [1.807, 2.05) is 25.1 Å². The Morgan fingerprint density at radius 3 is 2.49 bits per heavy atom. The number of hydrogen-bond acceptors (Lipinski definition) is 6. The largest absolute Gasteiger partial charge is 0.493 e. The van der Waals surface area contributed by atoms with Crippen LogP contribution in [-0.4, -0.2) is 38.0 Å². The van der Waals surface area contributed by atoms with Crippen molar-refractivity contribution in [2.75, 3.05) is 13.7 Å². The van der Waals surface area contributed by atoms with Gasteiger partial charge in [0, 0.05) is 17.1 Å². The van der Waals surface area contributed by atoms with Crippen LogP contribution in [0.25, 0.3) is 6.08 Å². The summed E-state index contributed by atoms with van der Waals surface area (Å²) in [7, 11) is -2.49. The Hall–Kier alpha value is -3.53. The van der Waals surface area contributed by atoms with Gasteiger partial charge in [0.05, 0.1) is 16.9 Å². The molecule has 1 aliphatic rings. The van der Waals surface area contributed by atoms with Crippen molar-refractivity contribution in [3.8, 4) is 11.5 Å². The number of amides is 1. The second kappa shape index (κ2) is 12.5. The fourth-order valence-electron chi connectivity index (χ4n) is 3.74. The van der Waals surface area contributed by atoms with Crippen LogP contribution in [0.5, 0.6) is 11.5 Å². The molecule has 39 heavy (non-hydrogen) atoms. The van der Waals surface area contributed by atoms with Crippen molar-refractivity contribution < 1.29 is 22.7 Å². The normalized spacial score (nSPS) is 15.7. The van der Waals surface area contributed by atoms with Crippen LogP contribution < -0.4 is 9.47 Å². The minimum atomic E-state index is -4.03. The van der Waals surface area contributed by atoms with Crippen LogP contribution in [-0.2, 0) is 27.8 Å². The van der Waals surface area contributed by atoms with Gasteiger partial charge < -0.3 is 9.47 Å². The van der Waals surface area contributed by atoms with E-state index in [9.17, 15) is 13.2 Å². The van der Waals surface area contributed by atoms with E-state index in [4.69, 9.17) is 21.1 Å². The number of carbonyl (C=O) groups excluding carboxylic acids is 1. The molecule has 0 saturated carbocycles. The van der Waals surface area contributed by atoms with Crippen molar-refractivity contribution in [1.82, 2.24) is 4.90 Å². The minimum absolute atomic E-state index is 0.0618. The molecule has 3 aromatic rings. The van der Waals surface area contributed by atoms with E-state index >= 15 is 0 Å². The number of rotatable bonds is 10. The van der Waals surface area contributed by atoms with Crippen LogP contribution in [0.15, 0.2) is 93.6 Å². The fourth-order valence-corrected chi connectivity index (χ4v) is 6.12. The number of carbonyl (C=O) groups is 1. The van der Waals surface area contributed by atoms with E-state index in [0.717, 1.165) is 29.3 Å². The highest BCUT2D eigenvalue weighted by Crippen LogP contribution is 2.36. The van der Waals surface area contributed by atoms with Crippen LogP contribution in [0.4, 0.5) is 0 Å². The number of aryl methyl sites for hydroxylation is 1. The Morgan fingerprint density at radius 1 is 1.08 bits per heavy atom. The lowest BCUT2D eigenvalue weighted by Gasteiger charge is -2.13. The number of halogens is 1. The Kier molecular flexibility index (Phi) is 9.16. The first-order valence-electron chi connectivity index (χ1n) is 12.1. The van der Waals surface area contributed by atoms with E-state index in [0.29, 0.717) is 27.0 Å². The molecule has 0 aliphatic carbocycles. The third-order valence-electron chi connectivity index (χ3n) is 5.85. The molecule has 0 atom stereocenters. The van der Waals surface area contributed by atoms with Gasteiger partial charge in [0.25, 0.3) is 15.9 Å². The average Bonchev–Trinajstić information content (AvgIpc) is 3.21. The van der Waals surface area contributed by atoms with E-state index in [1.165, 1.54) is 30.2 Å². The zero-order valence-corrected chi connectivity index (χ0v) is 23.9. The van der Waals surface area contributed by atoms with Crippen LogP contribution in [0.2, 0.25) is 5.02 Å². The molecule has 202 valence electrons. The molecule has 0 unspecified atom stereocenters. The highest BCUT2D eigenvalue weighted by Gasteiger charge is 2.34. The lowest BCUT2D eigenvalue weighted by atomic mass is 10.1. The summed E-state index contributed by atoms with van der Waals surface area (Å²) in [4.78, 5) is 14.9. The fraction of sp³-hybridized carbons (Fsp3) is 0.172. The number of hydrogen-bond donors (Lipinski definition) is 0. The number of ether oxygens (including phenoxy) is 2. The van der Waals surface area contributed by atoms with Gasteiger partial charge in [-0.3, -0.25) is 9.69 Å². The van der Waals surface area contributed by atoms with Crippen LogP contribution in [0, 0.1) is 0 Å². The van der Waals surface area contributed by atoms with Gasteiger partial charge >= 0.3 is 0 Å². The topological polar surface area (TPSA) is 85.3 Å². The third kappa shape index (κ3) is 6.73. The van der Waals surface area contributed by atoms with Crippen LogP contribution in [0.1, 0.15) is 23.6 Å². The molecule has 1 aliphatic heterocycles. The number of sulfonamides is 1. The summed E-state index contributed by atoms with van der Waals surface area (Å²) in [5.41, 5.74) is 2.50. The Balaban J connectivity index is 1.62. The van der Waals surface area contributed by atoms with Gasteiger partial charge in [0.2, 0.25) is 0 Å². The van der Waals surface area contributed by atoms with Gasteiger partial charge in [-0.25, -0.2) is 0 Å². The van der Waals surface area contributed by atoms with Crippen LogP contribution in [0.3, 0.4) is 0 Å². The quantitative estimate of drug-likeness (QED) is 0.205. The van der Waals surface area contributed by atoms with E-state index in [1.54, 1.807) is 42.5 Å². The Morgan fingerprint density at radius 2 is 1.82 bits per heavy atom. The third-order valence-corrected chi connectivity index (χ3v) is 8.63. The second-order valence-electron chi connectivity index (χ2n) is 8.45. The first kappa shape index (κ1) is 28.5. The van der Waals surface area contributed by atoms with Crippen molar-refractivity contribution in [3.63, 3.8) is 0 Å².